The third-order valence-corrected chi connectivity index (χ3v) is 4.82. The van der Waals surface area contributed by atoms with Gasteiger partial charge in [-0.3, -0.25) is 0 Å². The number of nitrogens with two attached hydrogens (primary N) is 2. The minimum absolute atomic E-state index is 0.140. The Bertz CT molecular complexity index is 1190. The fraction of sp³-hybridized carbons (Fsp3) is 0.0909. The molecule has 4 aromatic rings. The maximum Gasteiger partial charge on any atom is 0.222 e. The van der Waals surface area contributed by atoms with E-state index in [2.05, 4.69) is 28.2 Å². The minimum atomic E-state index is 0.140. The first kappa shape index (κ1) is 16.4. The van der Waals surface area contributed by atoms with Crippen molar-refractivity contribution in [2.45, 2.75) is 6.42 Å². The van der Waals surface area contributed by atoms with Crippen LogP contribution in [-0.4, -0.2) is 16.6 Å². The monoisotopic (exact) mass is 370 g/mol. The van der Waals surface area contributed by atoms with Crippen molar-refractivity contribution in [1.82, 2.24) is 9.97 Å². The van der Waals surface area contributed by atoms with Crippen LogP contribution in [0.5, 0.6) is 17.2 Å². The van der Waals surface area contributed by atoms with Gasteiger partial charge in [-0.2, -0.15) is 4.98 Å². The molecule has 1 aliphatic rings. The Kier molecular flexibility index (Phi) is 3.76. The van der Waals surface area contributed by atoms with E-state index in [4.69, 9.17) is 20.9 Å². The Balaban J connectivity index is 1.60. The van der Waals surface area contributed by atoms with Crippen molar-refractivity contribution in [2.24, 2.45) is 0 Å². The highest BCUT2D eigenvalue weighted by molar-refractivity contribution is 5.95. The van der Waals surface area contributed by atoms with Gasteiger partial charge in [0.25, 0.3) is 0 Å². The van der Waals surface area contributed by atoms with E-state index >= 15 is 0 Å². The summed E-state index contributed by atoms with van der Waals surface area (Å²) in [6.45, 7) is 0.568. The molecule has 28 heavy (non-hydrogen) atoms. The molecule has 0 atom stereocenters. The Morgan fingerprint density at radius 2 is 1.71 bits per heavy atom. The van der Waals surface area contributed by atoms with Crippen LogP contribution in [0.15, 0.2) is 60.7 Å². The van der Waals surface area contributed by atoms with Gasteiger partial charge in [0.1, 0.15) is 11.6 Å². The largest absolute Gasteiger partial charge is 0.489 e. The van der Waals surface area contributed by atoms with Crippen LogP contribution in [0.3, 0.4) is 0 Å². The number of nitrogen functional groups attached to an aromatic ring is 2. The molecule has 0 saturated heterocycles. The van der Waals surface area contributed by atoms with Gasteiger partial charge in [0, 0.05) is 23.4 Å². The SMILES string of the molecule is Nc1nc(N)c2c3c(c(Oc4cccc(-c5ccccc5)c4)cc2n1)OCC3. The highest BCUT2D eigenvalue weighted by Crippen LogP contribution is 2.44. The topological polar surface area (TPSA) is 96.3 Å². The molecule has 0 aliphatic carbocycles. The fourth-order valence-corrected chi connectivity index (χ4v) is 3.60. The first-order valence-electron chi connectivity index (χ1n) is 9.04. The summed E-state index contributed by atoms with van der Waals surface area (Å²) in [6, 6.07) is 19.9. The summed E-state index contributed by atoms with van der Waals surface area (Å²) in [5, 5.41) is 0.784. The van der Waals surface area contributed by atoms with Crippen LogP contribution in [0, 0.1) is 0 Å². The van der Waals surface area contributed by atoms with E-state index in [0.717, 1.165) is 28.5 Å². The number of hydrogen-bond donors (Lipinski definition) is 2. The number of rotatable bonds is 3. The van der Waals surface area contributed by atoms with Gasteiger partial charge < -0.3 is 20.9 Å². The van der Waals surface area contributed by atoms with Crippen LogP contribution in [0.4, 0.5) is 11.8 Å². The average molecular weight is 370 g/mol. The van der Waals surface area contributed by atoms with Crippen molar-refractivity contribution >= 4 is 22.7 Å². The molecule has 0 bridgehead atoms. The van der Waals surface area contributed by atoms with E-state index in [9.17, 15) is 0 Å². The molecule has 4 N–H and O–H groups in total. The van der Waals surface area contributed by atoms with Crippen molar-refractivity contribution < 1.29 is 9.47 Å². The van der Waals surface area contributed by atoms with E-state index in [1.165, 1.54) is 0 Å². The molecule has 6 heteroatoms. The molecule has 1 aromatic heterocycles. The van der Waals surface area contributed by atoms with Crippen LogP contribution < -0.4 is 20.9 Å². The van der Waals surface area contributed by atoms with Crippen molar-refractivity contribution in [2.75, 3.05) is 18.1 Å². The van der Waals surface area contributed by atoms with Crippen molar-refractivity contribution in [3.63, 3.8) is 0 Å². The summed E-state index contributed by atoms with van der Waals surface area (Å²) in [4.78, 5) is 8.42. The molecule has 6 nitrogen and oxygen atoms in total. The number of nitrogens with zero attached hydrogens (tertiary/aromatic N) is 2. The second-order valence-corrected chi connectivity index (χ2v) is 6.64. The Morgan fingerprint density at radius 1 is 0.893 bits per heavy atom. The first-order valence-corrected chi connectivity index (χ1v) is 9.04. The van der Waals surface area contributed by atoms with Crippen LogP contribution in [0.1, 0.15) is 5.56 Å². The van der Waals surface area contributed by atoms with Crippen LogP contribution in [-0.2, 0) is 6.42 Å². The maximum absolute atomic E-state index is 6.20. The van der Waals surface area contributed by atoms with Gasteiger partial charge >= 0.3 is 0 Å². The number of aromatic nitrogens is 2. The summed E-state index contributed by atoms with van der Waals surface area (Å²) < 4.78 is 12.0. The zero-order valence-electron chi connectivity index (χ0n) is 15.1. The molecule has 0 saturated carbocycles. The fourth-order valence-electron chi connectivity index (χ4n) is 3.60. The minimum Gasteiger partial charge on any atom is -0.489 e. The number of benzene rings is 3. The quantitative estimate of drug-likeness (QED) is 0.561. The van der Waals surface area contributed by atoms with E-state index < -0.39 is 0 Å². The lowest BCUT2D eigenvalue weighted by atomic mass is 10.0. The predicted molar refractivity (Wildman–Crippen MR) is 110 cm³/mol. The molecular formula is C22H18N4O2. The standard InChI is InChI=1S/C22H18N4O2/c23-21-19-16-9-10-27-20(16)18(12-17(19)25-22(24)26-21)28-15-8-4-7-14(11-15)13-5-2-1-3-6-13/h1-8,11-12H,9-10H2,(H4,23,24,25,26). The molecule has 3 aromatic carbocycles. The summed E-state index contributed by atoms with van der Waals surface area (Å²) >= 11 is 0. The molecule has 0 amide bonds. The summed E-state index contributed by atoms with van der Waals surface area (Å²) in [5.41, 5.74) is 15.7. The first-order chi connectivity index (χ1) is 13.7. The van der Waals surface area contributed by atoms with Gasteiger partial charge in [0.2, 0.25) is 5.95 Å². The van der Waals surface area contributed by atoms with Gasteiger partial charge in [0.05, 0.1) is 12.1 Å². The number of hydrogen-bond acceptors (Lipinski definition) is 6. The zero-order valence-corrected chi connectivity index (χ0v) is 15.1. The lowest BCUT2D eigenvalue weighted by Gasteiger charge is -2.14. The third kappa shape index (κ3) is 2.75. The third-order valence-electron chi connectivity index (χ3n) is 4.82. The second kappa shape index (κ2) is 6.42. The number of ether oxygens (including phenoxy) is 2. The summed E-state index contributed by atoms with van der Waals surface area (Å²) in [6.07, 6.45) is 0.727. The number of fused-ring (bicyclic) bond motifs is 3. The number of anilines is 2. The second-order valence-electron chi connectivity index (χ2n) is 6.64. The van der Waals surface area contributed by atoms with Gasteiger partial charge in [-0.05, 0) is 23.3 Å². The van der Waals surface area contributed by atoms with Crippen LogP contribution in [0.2, 0.25) is 0 Å². The lowest BCUT2D eigenvalue weighted by molar-refractivity contribution is 0.338. The molecule has 0 radical (unpaired) electrons. The van der Waals surface area contributed by atoms with Gasteiger partial charge in [-0.1, -0.05) is 42.5 Å². The molecule has 0 fully saturated rings. The molecule has 138 valence electrons. The smallest absolute Gasteiger partial charge is 0.222 e. The van der Waals surface area contributed by atoms with Crippen molar-refractivity contribution in [3.8, 4) is 28.4 Å². The maximum atomic E-state index is 6.20. The van der Waals surface area contributed by atoms with Gasteiger partial charge in [-0.25, -0.2) is 4.98 Å². The van der Waals surface area contributed by atoms with Crippen molar-refractivity contribution in [3.05, 3.63) is 66.2 Å². The van der Waals surface area contributed by atoms with E-state index in [0.29, 0.717) is 35.2 Å². The van der Waals surface area contributed by atoms with Gasteiger partial charge in [-0.15, -0.1) is 0 Å². The summed E-state index contributed by atoms with van der Waals surface area (Å²) in [7, 11) is 0. The summed E-state index contributed by atoms with van der Waals surface area (Å²) in [5.74, 6) is 2.51. The normalized spacial score (nSPS) is 12.6. The van der Waals surface area contributed by atoms with E-state index in [-0.39, 0.29) is 5.95 Å². The molecule has 0 unspecified atom stereocenters. The van der Waals surface area contributed by atoms with Gasteiger partial charge in [0.15, 0.2) is 11.5 Å². The lowest BCUT2D eigenvalue weighted by Crippen LogP contribution is -2.02. The van der Waals surface area contributed by atoms with Crippen LogP contribution in [0.25, 0.3) is 22.0 Å². The Morgan fingerprint density at radius 3 is 2.57 bits per heavy atom. The average Bonchev–Trinajstić information content (AvgIpc) is 3.18. The molecular weight excluding hydrogens is 352 g/mol. The van der Waals surface area contributed by atoms with E-state index in [1.807, 2.05) is 42.5 Å². The highest BCUT2D eigenvalue weighted by atomic mass is 16.5. The zero-order chi connectivity index (χ0) is 19.1. The molecule has 1 aliphatic heterocycles. The van der Waals surface area contributed by atoms with Crippen molar-refractivity contribution in [1.29, 1.82) is 0 Å². The Hall–Kier alpha value is -3.80. The molecule has 0 spiro atoms. The van der Waals surface area contributed by atoms with Crippen LogP contribution >= 0.6 is 0 Å². The Labute approximate surface area is 161 Å². The molecule has 5 rings (SSSR count). The predicted octanol–water partition coefficient (Wildman–Crippen LogP) is 4.19. The highest BCUT2D eigenvalue weighted by Gasteiger charge is 2.24. The van der Waals surface area contributed by atoms with E-state index in [1.54, 1.807) is 0 Å². The molecule has 2 heterocycles.